The van der Waals surface area contributed by atoms with Crippen LogP contribution in [0.3, 0.4) is 0 Å². The highest BCUT2D eigenvalue weighted by atomic mass is 35.5. The van der Waals surface area contributed by atoms with Gasteiger partial charge in [-0.05, 0) is 17.7 Å². The maximum Gasteiger partial charge on any atom is 0.162 e. The summed E-state index contributed by atoms with van der Waals surface area (Å²) >= 11 is 6.29. The smallest absolute Gasteiger partial charge is 0.162 e. The van der Waals surface area contributed by atoms with Gasteiger partial charge in [0.05, 0.1) is 17.0 Å². The highest BCUT2D eigenvalue weighted by Gasteiger charge is 2.19. The van der Waals surface area contributed by atoms with Crippen molar-refractivity contribution in [1.29, 1.82) is 0 Å². The molecule has 0 aliphatic carbocycles. The number of hydrogen-bond donors (Lipinski definition) is 0. The third-order valence-electron chi connectivity index (χ3n) is 5.21. The van der Waals surface area contributed by atoms with Crippen LogP contribution in [0.1, 0.15) is 16.8 Å². The van der Waals surface area contributed by atoms with Gasteiger partial charge in [-0.2, -0.15) is 0 Å². The Balaban J connectivity index is 1.28. The third-order valence-corrected chi connectivity index (χ3v) is 5.54. The summed E-state index contributed by atoms with van der Waals surface area (Å²) in [6, 6.07) is 11.9. The Morgan fingerprint density at radius 2 is 1.80 bits per heavy atom. The summed E-state index contributed by atoms with van der Waals surface area (Å²) in [6.45, 7) is 2.61. The number of hydrogen-bond acceptors (Lipinski definition) is 6. The van der Waals surface area contributed by atoms with E-state index in [1.165, 1.54) is 17.5 Å². The monoisotopic (exact) mass is 414 g/mol. The minimum Gasteiger partial charge on any atom is -0.294 e. The lowest BCUT2D eigenvalue weighted by Crippen LogP contribution is -2.31. The van der Waals surface area contributed by atoms with Gasteiger partial charge in [0.2, 0.25) is 0 Å². The van der Waals surface area contributed by atoms with Crippen molar-refractivity contribution in [2.75, 3.05) is 6.54 Å². The predicted molar refractivity (Wildman–Crippen MR) is 116 cm³/mol. The molecule has 0 spiro atoms. The van der Waals surface area contributed by atoms with E-state index in [0.717, 1.165) is 48.6 Å². The minimum absolute atomic E-state index is 0.683. The number of nitrogens with zero attached hydrogens (tertiary/aromatic N) is 6. The van der Waals surface area contributed by atoms with Crippen LogP contribution in [0.15, 0.2) is 67.5 Å². The molecule has 0 fully saturated rings. The van der Waals surface area contributed by atoms with Crippen LogP contribution in [-0.2, 0) is 19.5 Å². The SMILES string of the molecule is Clc1ccccc1-c1ccc(CN2CCc3nc(-c4cncnc4)ncc3C2)cn1. The van der Waals surface area contributed by atoms with E-state index in [2.05, 4.69) is 30.9 Å². The van der Waals surface area contributed by atoms with Gasteiger partial charge >= 0.3 is 0 Å². The first kappa shape index (κ1) is 18.8. The fourth-order valence-electron chi connectivity index (χ4n) is 3.67. The lowest BCUT2D eigenvalue weighted by atomic mass is 10.1. The molecule has 4 aromatic rings. The fourth-order valence-corrected chi connectivity index (χ4v) is 3.90. The molecule has 1 aliphatic rings. The number of aromatic nitrogens is 5. The molecule has 3 aromatic heterocycles. The number of fused-ring (bicyclic) bond motifs is 1. The summed E-state index contributed by atoms with van der Waals surface area (Å²) in [6.07, 6.45) is 9.74. The number of pyridine rings is 1. The lowest BCUT2D eigenvalue weighted by Gasteiger charge is -2.28. The van der Waals surface area contributed by atoms with E-state index >= 15 is 0 Å². The molecule has 0 radical (unpaired) electrons. The molecule has 4 heterocycles. The summed E-state index contributed by atoms with van der Waals surface area (Å²) in [7, 11) is 0. The molecule has 0 unspecified atom stereocenters. The van der Waals surface area contributed by atoms with Gasteiger partial charge in [-0.3, -0.25) is 9.88 Å². The first-order chi connectivity index (χ1) is 14.8. The highest BCUT2D eigenvalue weighted by molar-refractivity contribution is 6.33. The molecule has 148 valence electrons. The Bertz CT molecular complexity index is 1160. The van der Waals surface area contributed by atoms with E-state index in [4.69, 9.17) is 16.6 Å². The van der Waals surface area contributed by atoms with Crippen molar-refractivity contribution in [2.45, 2.75) is 19.5 Å². The third kappa shape index (κ3) is 3.92. The van der Waals surface area contributed by atoms with E-state index < -0.39 is 0 Å². The molecule has 0 saturated carbocycles. The molecular weight excluding hydrogens is 396 g/mol. The molecule has 30 heavy (non-hydrogen) atoms. The van der Waals surface area contributed by atoms with E-state index in [0.29, 0.717) is 10.8 Å². The van der Waals surface area contributed by atoms with Crippen molar-refractivity contribution in [3.05, 3.63) is 89.4 Å². The van der Waals surface area contributed by atoms with E-state index in [-0.39, 0.29) is 0 Å². The second kappa shape index (κ2) is 8.26. The molecule has 0 amide bonds. The van der Waals surface area contributed by atoms with Crippen LogP contribution in [0, 0.1) is 0 Å². The van der Waals surface area contributed by atoms with Crippen molar-refractivity contribution in [1.82, 2.24) is 29.8 Å². The molecular formula is C23H19ClN6. The van der Waals surface area contributed by atoms with Crippen LogP contribution in [0.4, 0.5) is 0 Å². The maximum atomic E-state index is 6.29. The zero-order chi connectivity index (χ0) is 20.3. The Morgan fingerprint density at radius 1 is 0.933 bits per heavy atom. The summed E-state index contributed by atoms with van der Waals surface area (Å²) in [5.41, 5.74) is 6.13. The Morgan fingerprint density at radius 3 is 2.60 bits per heavy atom. The van der Waals surface area contributed by atoms with Gasteiger partial charge in [-0.25, -0.2) is 19.9 Å². The molecule has 0 bridgehead atoms. The largest absolute Gasteiger partial charge is 0.294 e. The average Bonchev–Trinajstić information content (AvgIpc) is 2.80. The molecule has 5 rings (SSSR count). The molecule has 6 nitrogen and oxygen atoms in total. The first-order valence-electron chi connectivity index (χ1n) is 9.78. The Labute approximate surface area is 179 Å². The molecule has 1 aliphatic heterocycles. The van der Waals surface area contributed by atoms with Gasteiger partial charge in [0.1, 0.15) is 6.33 Å². The molecule has 7 heteroatoms. The van der Waals surface area contributed by atoms with Crippen LogP contribution >= 0.6 is 11.6 Å². The molecule has 0 saturated heterocycles. The number of halogens is 1. The number of benzene rings is 1. The first-order valence-corrected chi connectivity index (χ1v) is 10.2. The average molecular weight is 415 g/mol. The lowest BCUT2D eigenvalue weighted by molar-refractivity contribution is 0.242. The quantitative estimate of drug-likeness (QED) is 0.498. The van der Waals surface area contributed by atoms with Gasteiger partial charge in [0.15, 0.2) is 5.82 Å². The van der Waals surface area contributed by atoms with Gasteiger partial charge in [-0.1, -0.05) is 35.9 Å². The van der Waals surface area contributed by atoms with Crippen molar-refractivity contribution < 1.29 is 0 Å². The molecule has 0 N–H and O–H groups in total. The molecule has 1 aromatic carbocycles. The summed E-state index contributed by atoms with van der Waals surface area (Å²) < 4.78 is 0. The van der Waals surface area contributed by atoms with E-state index in [9.17, 15) is 0 Å². The Kier molecular flexibility index (Phi) is 5.17. The van der Waals surface area contributed by atoms with Crippen LogP contribution < -0.4 is 0 Å². The van der Waals surface area contributed by atoms with Crippen LogP contribution in [0.25, 0.3) is 22.6 Å². The standard InChI is InChI=1S/C23H19ClN6/c24-20-4-2-1-3-19(20)22-6-5-16(9-27-22)13-30-8-7-21-18(14-30)12-28-23(29-21)17-10-25-15-26-11-17/h1-6,9-12,15H,7-8,13-14H2. The van der Waals surface area contributed by atoms with Crippen molar-refractivity contribution >= 4 is 11.6 Å². The van der Waals surface area contributed by atoms with Crippen molar-refractivity contribution in [3.8, 4) is 22.6 Å². The van der Waals surface area contributed by atoms with Gasteiger partial charge < -0.3 is 0 Å². The predicted octanol–water partition coefficient (Wildman–Crippen LogP) is 4.21. The summed E-state index contributed by atoms with van der Waals surface area (Å²) in [4.78, 5) is 24.4. The highest BCUT2D eigenvalue weighted by Crippen LogP contribution is 2.26. The van der Waals surface area contributed by atoms with E-state index in [1.54, 1.807) is 12.4 Å². The number of rotatable bonds is 4. The normalized spacial score (nSPS) is 13.8. The van der Waals surface area contributed by atoms with Crippen LogP contribution in [0.5, 0.6) is 0 Å². The Hall–Kier alpha value is -3.22. The second-order valence-electron chi connectivity index (χ2n) is 7.28. The minimum atomic E-state index is 0.683. The van der Waals surface area contributed by atoms with Gasteiger partial charge in [0.25, 0.3) is 0 Å². The summed E-state index contributed by atoms with van der Waals surface area (Å²) in [5.74, 6) is 0.683. The fraction of sp³-hybridized carbons (Fsp3) is 0.174. The van der Waals surface area contributed by atoms with Crippen LogP contribution in [0.2, 0.25) is 5.02 Å². The van der Waals surface area contributed by atoms with Crippen molar-refractivity contribution in [2.24, 2.45) is 0 Å². The second-order valence-corrected chi connectivity index (χ2v) is 7.69. The zero-order valence-electron chi connectivity index (χ0n) is 16.2. The topological polar surface area (TPSA) is 67.7 Å². The summed E-state index contributed by atoms with van der Waals surface area (Å²) in [5, 5.41) is 0.715. The van der Waals surface area contributed by atoms with E-state index in [1.807, 2.05) is 42.7 Å². The van der Waals surface area contributed by atoms with Gasteiger partial charge in [0, 0.05) is 67.0 Å². The zero-order valence-corrected chi connectivity index (χ0v) is 17.0. The maximum absolute atomic E-state index is 6.29. The molecule has 0 atom stereocenters. The van der Waals surface area contributed by atoms with Crippen LogP contribution in [-0.4, -0.2) is 36.4 Å². The van der Waals surface area contributed by atoms with Crippen molar-refractivity contribution in [3.63, 3.8) is 0 Å². The van der Waals surface area contributed by atoms with Gasteiger partial charge in [-0.15, -0.1) is 0 Å².